The van der Waals surface area contributed by atoms with Crippen molar-refractivity contribution in [3.8, 4) is 0 Å². The summed E-state index contributed by atoms with van der Waals surface area (Å²) < 4.78 is 0. The van der Waals surface area contributed by atoms with Crippen molar-refractivity contribution in [2.75, 3.05) is 0 Å². The Morgan fingerprint density at radius 3 is 2.26 bits per heavy atom. The lowest BCUT2D eigenvalue weighted by Crippen LogP contribution is -2.01. The van der Waals surface area contributed by atoms with Gasteiger partial charge in [-0.25, -0.2) is 0 Å². The number of benzene rings is 3. The third-order valence-electron chi connectivity index (χ3n) is 4.08. The zero-order chi connectivity index (χ0) is 13.4. The molecule has 0 nitrogen and oxygen atoms in total. The standard InChI is InChI=1S/C17H14.C2H6/c1-11-5-6-14-8-7-12-3-2-4-13-9-10-15(11)17(14)16(12)13;1-2/h2-6,9-10H,7-8H2,1H3;1-2H3. The molecule has 0 heterocycles. The Kier molecular flexibility index (Phi) is 3.02. The van der Waals surface area contributed by atoms with E-state index >= 15 is 0 Å². The normalized spacial score (nSPS) is 12.6. The van der Waals surface area contributed by atoms with Gasteiger partial charge in [-0.05, 0) is 58.0 Å². The average Bonchev–Trinajstić information content (AvgIpc) is 2.49. The highest BCUT2D eigenvalue weighted by Crippen LogP contribution is 2.36. The molecule has 4 rings (SSSR count). The summed E-state index contributed by atoms with van der Waals surface area (Å²) in [6, 6.07) is 15.8. The molecule has 0 saturated heterocycles. The maximum Gasteiger partial charge on any atom is -0.00678 e. The van der Waals surface area contributed by atoms with Crippen molar-refractivity contribution < 1.29 is 0 Å². The van der Waals surface area contributed by atoms with Gasteiger partial charge in [0.15, 0.2) is 0 Å². The van der Waals surface area contributed by atoms with E-state index in [-0.39, 0.29) is 0 Å². The van der Waals surface area contributed by atoms with Gasteiger partial charge < -0.3 is 0 Å². The molecule has 1 aliphatic rings. The number of aryl methyl sites for hydroxylation is 3. The molecule has 0 amide bonds. The first-order valence-corrected chi connectivity index (χ1v) is 7.27. The largest absolute Gasteiger partial charge is 0.0683 e. The molecule has 0 bridgehead atoms. The maximum absolute atomic E-state index is 2.31. The molecular formula is C19H20. The van der Waals surface area contributed by atoms with Gasteiger partial charge in [0.1, 0.15) is 0 Å². The van der Waals surface area contributed by atoms with E-state index in [0.29, 0.717) is 0 Å². The van der Waals surface area contributed by atoms with E-state index in [1.54, 1.807) is 0 Å². The molecule has 0 aliphatic heterocycles. The predicted octanol–water partition coefficient (Wildman–Crippen LogP) is 5.43. The Labute approximate surface area is 115 Å². The molecular weight excluding hydrogens is 228 g/mol. The lowest BCUT2D eigenvalue weighted by atomic mass is 9.85. The summed E-state index contributed by atoms with van der Waals surface area (Å²) in [5, 5.41) is 5.82. The predicted molar refractivity (Wildman–Crippen MR) is 84.9 cm³/mol. The summed E-state index contributed by atoms with van der Waals surface area (Å²) in [4.78, 5) is 0. The molecule has 96 valence electrons. The number of hydrogen-bond donors (Lipinski definition) is 0. The second kappa shape index (κ2) is 4.70. The molecule has 0 spiro atoms. The van der Waals surface area contributed by atoms with Gasteiger partial charge in [-0.3, -0.25) is 0 Å². The summed E-state index contributed by atoms with van der Waals surface area (Å²) in [6.07, 6.45) is 2.37. The molecule has 3 aromatic rings. The topological polar surface area (TPSA) is 0 Å². The van der Waals surface area contributed by atoms with Crippen LogP contribution in [0.3, 0.4) is 0 Å². The van der Waals surface area contributed by atoms with Crippen LogP contribution >= 0.6 is 0 Å². The zero-order valence-corrected chi connectivity index (χ0v) is 12.0. The minimum Gasteiger partial charge on any atom is -0.0683 e. The van der Waals surface area contributed by atoms with Crippen molar-refractivity contribution in [2.24, 2.45) is 0 Å². The molecule has 0 radical (unpaired) electrons. The molecule has 0 saturated carbocycles. The van der Waals surface area contributed by atoms with Crippen LogP contribution in [0.4, 0.5) is 0 Å². The first kappa shape index (κ1) is 12.2. The Hall–Kier alpha value is -1.82. The van der Waals surface area contributed by atoms with Crippen LogP contribution in [0.25, 0.3) is 21.5 Å². The molecule has 0 heteroatoms. The molecule has 0 atom stereocenters. The van der Waals surface area contributed by atoms with E-state index in [4.69, 9.17) is 0 Å². The van der Waals surface area contributed by atoms with Crippen molar-refractivity contribution in [3.63, 3.8) is 0 Å². The van der Waals surface area contributed by atoms with Crippen LogP contribution in [-0.4, -0.2) is 0 Å². The molecule has 0 unspecified atom stereocenters. The van der Waals surface area contributed by atoms with Crippen LogP contribution in [-0.2, 0) is 12.8 Å². The first-order valence-electron chi connectivity index (χ1n) is 7.27. The highest BCUT2D eigenvalue weighted by Gasteiger charge is 2.15. The van der Waals surface area contributed by atoms with Gasteiger partial charge in [-0.15, -0.1) is 0 Å². The summed E-state index contributed by atoms with van der Waals surface area (Å²) >= 11 is 0. The second-order valence-electron chi connectivity index (χ2n) is 5.04. The van der Waals surface area contributed by atoms with Gasteiger partial charge in [-0.2, -0.15) is 0 Å². The van der Waals surface area contributed by atoms with Crippen molar-refractivity contribution in [2.45, 2.75) is 33.6 Å². The smallest absolute Gasteiger partial charge is 0.00678 e. The molecule has 1 aliphatic carbocycles. The van der Waals surface area contributed by atoms with Crippen molar-refractivity contribution in [1.82, 2.24) is 0 Å². The summed E-state index contributed by atoms with van der Waals surface area (Å²) in [7, 11) is 0. The lowest BCUT2D eigenvalue weighted by Gasteiger charge is -2.19. The van der Waals surface area contributed by atoms with Crippen molar-refractivity contribution in [3.05, 3.63) is 59.2 Å². The molecule has 19 heavy (non-hydrogen) atoms. The van der Waals surface area contributed by atoms with Gasteiger partial charge in [0.2, 0.25) is 0 Å². The molecule has 3 aromatic carbocycles. The summed E-state index contributed by atoms with van der Waals surface area (Å²) in [5.41, 5.74) is 4.43. The van der Waals surface area contributed by atoms with Crippen LogP contribution < -0.4 is 0 Å². The fourth-order valence-corrected chi connectivity index (χ4v) is 3.20. The third-order valence-corrected chi connectivity index (χ3v) is 4.08. The number of hydrogen-bond acceptors (Lipinski definition) is 0. The summed E-state index contributed by atoms with van der Waals surface area (Å²) in [6.45, 7) is 6.21. The zero-order valence-electron chi connectivity index (χ0n) is 12.0. The van der Waals surface area contributed by atoms with Crippen LogP contribution in [0.1, 0.15) is 30.5 Å². The van der Waals surface area contributed by atoms with E-state index in [9.17, 15) is 0 Å². The quantitative estimate of drug-likeness (QED) is 0.466. The average molecular weight is 248 g/mol. The van der Waals surface area contributed by atoms with Crippen LogP contribution in [0.5, 0.6) is 0 Å². The fraction of sp³-hybridized carbons (Fsp3) is 0.263. The minimum absolute atomic E-state index is 1.19. The Morgan fingerprint density at radius 1 is 0.737 bits per heavy atom. The first-order chi connectivity index (χ1) is 9.34. The van der Waals surface area contributed by atoms with E-state index in [1.165, 1.54) is 51.1 Å². The SMILES string of the molecule is CC.Cc1ccc2c3c1ccc1cccc(c13)CC2. The van der Waals surface area contributed by atoms with Crippen molar-refractivity contribution >= 4 is 21.5 Å². The van der Waals surface area contributed by atoms with Gasteiger partial charge in [0, 0.05) is 0 Å². The van der Waals surface area contributed by atoms with E-state index in [2.05, 4.69) is 49.4 Å². The van der Waals surface area contributed by atoms with E-state index < -0.39 is 0 Å². The highest BCUT2D eigenvalue weighted by molar-refractivity contribution is 6.12. The van der Waals surface area contributed by atoms with E-state index in [0.717, 1.165) is 0 Å². The monoisotopic (exact) mass is 248 g/mol. The lowest BCUT2D eigenvalue weighted by molar-refractivity contribution is 0.967. The van der Waals surface area contributed by atoms with Crippen LogP contribution in [0.2, 0.25) is 0 Å². The van der Waals surface area contributed by atoms with Gasteiger partial charge >= 0.3 is 0 Å². The van der Waals surface area contributed by atoms with Crippen LogP contribution in [0.15, 0.2) is 42.5 Å². The Balaban J connectivity index is 0.000000528. The van der Waals surface area contributed by atoms with Gasteiger partial charge in [-0.1, -0.05) is 56.3 Å². The molecule has 0 aromatic heterocycles. The Bertz CT molecular complexity index is 751. The van der Waals surface area contributed by atoms with E-state index in [1.807, 2.05) is 13.8 Å². The molecule has 0 fully saturated rings. The van der Waals surface area contributed by atoms with Crippen molar-refractivity contribution in [1.29, 1.82) is 0 Å². The second-order valence-corrected chi connectivity index (χ2v) is 5.04. The van der Waals surface area contributed by atoms with Gasteiger partial charge in [0.25, 0.3) is 0 Å². The number of rotatable bonds is 0. The third kappa shape index (κ3) is 1.74. The minimum atomic E-state index is 1.19. The molecule has 0 N–H and O–H groups in total. The highest BCUT2D eigenvalue weighted by atomic mass is 14.2. The maximum atomic E-state index is 2.31. The van der Waals surface area contributed by atoms with Crippen LogP contribution in [0, 0.1) is 6.92 Å². The summed E-state index contributed by atoms with van der Waals surface area (Å²) in [5.74, 6) is 0. The Morgan fingerprint density at radius 2 is 1.47 bits per heavy atom. The van der Waals surface area contributed by atoms with Gasteiger partial charge in [0.05, 0.1) is 0 Å². The fourth-order valence-electron chi connectivity index (χ4n) is 3.20.